The lowest BCUT2D eigenvalue weighted by Gasteiger charge is -2.32. The van der Waals surface area contributed by atoms with Gasteiger partial charge in [0.05, 0.1) is 6.61 Å². The number of carboxylic acid groups (broad SMARTS) is 1. The van der Waals surface area contributed by atoms with Gasteiger partial charge in [0.25, 0.3) is 5.91 Å². The lowest BCUT2D eigenvalue weighted by atomic mass is 10.1. The van der Waals surface area contributed by atoms with E-state index in [0.29, 0.717) is 26.1 Å². The maximum absolute atomic E-state index is 12.3. The van der Waals surface area contributed by atoms with Gasteiger partial charge in [-0.2, -0.15) is 0 Å². The Balaban J connectivity index is 2.06. The highest BCUT2D eigenvalue weighted by molar-refractivity contribution is 5.86. The van der Waals surface area contributed by atoms with Crippen LogP contribution in [0.2, 0.25) is 0 Å². The molecule has 2 saturated heterocycles. The summed E-state index contributed by atoms with van der Waals surface area (Å²) in [5, 5.41) is 12.3. The van der Waals surface area contributed by atoms with Gasteiger partial charge in [0, 0.05) is 19.6 Å². The molecule has 0 aliphatic carbocycles. The summed E-state index contributed by atoms with van der Waals surface area (Å²) in [6, 6.07) is -0.689. The van der Waals surface area contributed by atoms with Gasteiger partial charge in [0.2, 0.25) is 0 Å². The molecule has 6 nitrogen and oxygen atoms in total. The van der Waals surface area contributed by atoms with Crippen molar-refractivity contribution in [3.8, 4) is 0 Å². The van der Waals surface area contributed by atoms with E-state index < -0.39 is 18.1 Å². The number of morpholine rings is 1. The maximum atomic E-state index is 12.3. The van der Waals surface area contributed by atoms with Crippen LogP contribution < -0.4 is 5.32 Å². The molecule has 0 aromatic rings. The standard InChI is InChI=1S/C12H20N2O4/c15-11(10-8-13-5-7-18-10)14-6-3-1-2-4-9(14)12(16)17/h9-10,13H,1-8H2,(H,16,17). The normalized spacial score (nSPS) is 29.7. The molecule has 6 heteroatoms. The number of nitrogens with one attached hydrogen (secondary N) is 1. The van der Waals surface area contributed by atoms with Crippen LogP contribution in [0, 0.1) is 0 Å². The third-order valence-electron chi connectivity index (χ3n) is 3.52. The van der Waals surface area contributed by atoms with Crippen LogP contribution in [-0.4, -0.2) is 60.3 Å². The minimum Gasteiger partial charge on any atom is -0.480 e. The van der Waals surface area contributed by atoms with Gasteiger partial charge in [0.15, 0.2) is 0 Å². The summed E-state index contributed by atoms with van der Waals surface area (Å²) in [5.74, 6) is -1.09. The van der Waals surface area contributed by atoms with Crippen molar-refractivity contribution in [2.75, 3.05) is 26.2 Å². The van der Waals surface area contributed by atoms with Crippen LogP contribution in [0.15, 0.2) is 0 Å². The lowest BCUT2D eigenvalue weighted by Crippen LogP contribution is -2.54. The van der Waals surface area contributed by atoms with Crippen LogP contribution in [0.5, 0.6) is 0 Å². The number of rotatable bonds is 2. The molecule has 0 bridgehead atoms. The van der Waals surface area contributed by atoms with Gasteiger partial charge in [-0.25, -0.2) is 4.79 Å². The van der Waals surface area contributed by atoms with Crippen molar-refractivity contribution in [3.63, 3.8) is 0 Å². The Hall–Kier alpha value is -1.14. The predicted molar refractivity (Wildman–Crippen MR) is 64.2 cm³/mol. The van der Waals surface area contributed by atoms with E-state index in [1.54, 1.807) is 0 Å². The molecule has 2 rings (SSSR count). The van der Waals surface area contributed by atoms with Crippen molar-refractivity contribution in [2.45, 2.75) is 37.8 Å². The average Bonchev–Trinajstić information content (AvgIpc) is 2.64. The molecule has 0 aromatic heterocycles. The molecule has 1 amide bonds. The number of carbonyl (C=O) groups excluding carboxylic acids is 1. The number of amides is 1. The Morgan fingerprint density at radius 2 is 2.11 bits per heavy atom. The Morgan fingerprint density at radius 3 is 2.78 bits per heavy atom. The molecule has 2 N–H and O–H groups in total. The number of aliphatic carboxylic acids is 1. The number of ether oxygens (including phenoxy) is 1. The van der Waals surface area contributed by atoms with Crippen LogP contribution in [0.25, 0.3) is 0 Å². The Kier molecular flexibility index (Phi) is 4.54. The zero-order valence-electron chi connectivity index (χ0n) is 10.4. The molecule has 0 radical (unpaired) electrons. The summed E-state index contributed by atoms with van der Waals surface area (Å²) >= 11 is 0. The topological polar surface area (TPSA) is 78.9 Å². The number of nitrogens with zero attached hydrogens (tertiary/aromatic N) is 1. The fourth-order valence-corrected chi connectivity index (χ4v) is 2.54. The second-order valence-electron chi connectivity index (χ2n) is 4.80. The molecule has 2 heterocycles. The highest BCUT2D eigenvalue weighted by atomic mass is 16.5. The summed E-state index contributed by atoms with van der Waals surface area (Å²) in [6.07, 6.45) is 2.73. The van der Waals surface area contributed by atoms with Gasteiger partial charge in [-0.05, 0) is 12.8 Å². The van der Waals surface area contributed by atoms with Crippen LogP contribution in [0.1, 0.15) is 25.7 Å². The van der Waals surface area contributed by atoms with Gasteiger partial charge in [-0.3, -0.25) is 4.79 Å². The lowest BCUT2D eigenvalue weighted by molar-refractivity contribution is -0.157. The summed E-state index contributed by atoms with van der Waals surface area (Å²) < 4.78 is 5.42. The summed E-state index contributed by atoms with van der Waals surface area (Å²) in [4.78, 5) is 25.1. The molecule has 0 saturated carbocycles. The molecule has 2 aliphatic rings. The molecule has 2 atom stereocenters. The van der Waals surface area contributed by atoms with Gasteiger partial charge in [0.1, 0.15) is 12.1 Å². The number of likely N-dealkylation sites (tertiary alicyclic amines) is 1. The molecule has 2 unspecified atom stereocenters. The Labute approximate surface area is 106 Å². The molecule has 102 valence electrons. The smallest absolute Gasteiger partial charge is 0.326 e. The molecule has 2 fully saturated rings. The van der Waals surface area contributed by atoms with Crippen LogP contribution in [0.3, 0.4) is 0 Å². The fourth-order valence-electron chi connectivity index (χ4n) is 2.54. The first kappa shape index (κ1) is 13.3. The van der Waals surface area contributed by atoms with E-state index in [1.165, 1.54) is 4.90 Å². The summed E-state index contributed by atoms with van der Waals surface area (Å²) in [5.41, 5.74) is 0. The fraction of sp³-hybridized carbons (Fsp3) is 0.833. The number of carbonyl (C=O) groups is 2. The average molecular weight is 256 g/mol. The summed E-state index contributed by atoms with van der Waals surface area (Å²) in [6.45, 7) is 2.24. The quantitative estimate of drug-likeness (QED) is 0.717. The highest BCUT2D eigenvalue weighted by Gasteiger charge is 2.35. The van der Waals surface area contributed by atoms with E-state index >= 15 is 0 Å². The Morgan fingerprint density at radius 1 is 1.28 bits per heavy atom. The van der Waals surface area contributed by atoms with Crippen LogP contribution in [-0.2, 0) is 14.3 Å². The minimum atomic E-state index is -0.908. The van der Waals surface area contributed by atoms with E-state index in [-0.39, 0.29) is 5.91 Å². The van der Waals surface area contributed by atoms with E-state index in [0.717, 1.165) is 25.8 Å². The van der Waals surface area contributed by atoms with Gasteiger partial charge in [-0.1, -0.05) is 12.8 Å². The first-order valence-electron chi connectivity index (χ1n) is 6.56. The predicted octanol–water partition coefficient (Wildman–Crippen LogP) is -0.169. The molecule has 2 aliphatic heterocycles. The Bertz CT molecular complexity index is 315. The van der Waals surface area contributed by atoms with Crippen LogP contribution >= 0.6 is 0 Å². The third kappa shape index (κ3) is 3.00. The van der Waals surface area contributed by atoms with Crippen LogP contribution in [0.4, 0.5) is 0 Å². The van der Waals surface area contributed by atoms with E-state index in [2.05, 4.69) is 5.32 Å². The first-order chi connectivity index (χ1) is 8.70. The van der Waals surface area contributed by atoms with E-state index in [4.69, 9.17) is 4.74 Å². The molecular formula is C12H20N2O4. The molecular weight excluding hydrogens is 236 g/mol. The molecule has 18 heavy (non-hydrogen) atoms. The number of hydrogen-bond donors (Lipinski definition) is 2. The molecule has 0 aromatic carbocycles. The van der Waals surface area contributed by atoms with Crippen molar-refractivity contribution < 1.29 is 19.4 Å². The van der Waals surface area contributed by atoms with Gasteiger partial charge >= 0.3 is 5.97 Å². The molecule has 0 spiro atoms. The highest BCUT2D eigenvalue weighted by Crippen LogP contribution is 2.19. The zero-order chi connectivity index (χ0) is 13.0. The van der Waals surface area contributed by atoms with Gasteiger partial charge < -0.3 is 20.1 Å². The van der Waals surface area contributed by atoms with Crippen molar-refractivity contribution in [2.24, 2.45) is 0 Å². The van der Waals surface area contributed by atoms with Crippen molar-refractivity contribution in [1.29, 1.82) is 0 Å². The first-order valence-corrected chi connectivity index (χ1v) is 6.56. The third-order valence-corrected chi connectivity index (χ3v) is 3.52. The largest absolute Gasteiger partial charge is 0.480 e. The monoisotopic (exact) mass is 256 g/mol. The second-order valence-corrected chi connectivity index (χ2v) is 4.80. The maximum Gasteiger partial charge on any atom is 0.326 e. The van der Waals surface area contributed by atoms with Crippen molar-refractivity contribution in [3.05, 3.63) is 0 Å². The number of hydrogen-bond acceptors (Lipinski definition) is 4. The zero-order valence-corrected chi connectivity index (χ0v) is 10.4. The second kappa shape index (κ2) is 6.15. The summed E-state index contributed by atoms with van der Waals surface area (Å²) in [7, 11) is 0. The van der Waals surface area contributed by atoms with Crippen molar-refractivity contribution >= 4 is 11.9 Å². The minimum absolute atomic E-state index is 0.184. The van der Waals surface area contributed by atoms with Gasteiger partial charge in [-0.15, -0.1) is 0 Å². The number of carboxylic acids is 1. The van der Waals surface area contributed by atoms with Crippen molar-refractivity contribution in [1.82, 2.24) is 10.2 Å². The van der Waals surface area contributed by atoms with E-state index in [9.17, 15) is 14.7 Å². The SMILES string of the molecule is O=C(O)C1CCCCCN1C(=O)C1CNCCO1. The van der Waals surface area contributed by atoms with E-state index in [1.807, 2.05) is 0 Å².